The first-order valence-electron chi connectivity index (χ1n) is 5.28. The average Bonchev–Trinajstić information content (AvgIpc) is 2.18. The summed E-state index contributed by atoms with van der Waals surface area (Å²) in [7, 11) is 0. The van der Waals surface area contributed by atoms with Gasteiger partial charge in [-0.1, -0.05) is 18.6 Å². The molecule has 4 N–H and O–H groups in total. The summed E-state index contributed by atoms with van der Waals surface area (Å²) in [6, 6.07) is 7.53. The Kier molecular flexibility index (Phi) is 2.49. The summed E-state index contributed by atoms with van der Waals surface area (Å²) in [5.41, 5.74) is 13.0. The van der Waals surface area contributed by atoms with E-state index in [2.05, 4.69) is 0 Å². The van der Waals surface area contributed by atoms with E-state index in [1.807, 2.05) is 12.1 Å². The fourth-order valence-corrected chi connectivity index (χ4v) is 2.20. The number of rotatable bonds is 3. The van der Waals surface area contributed by atoms with Gasteiger partial charge in [-0.3, -0.25) is 4.79 Å². The third-order valence-corrected chi connectivity index (χ3v) is 3.48. The molecule has 1 aromatic rings. The second-order valence-corrected chi connectivity index (χ2v) is 4.28. The number of hydrogen-bond acceptors (Lipinski definition) is 2. The molecule has 0 saturated heterocycles. The van der Waals surface area contributed by atoms with Gasteiger partial charge in [-0.25, -0.2) is 0 Å². The van der Waals surface area contributed by atoms with E-state index in [-0.39, 0.29) is 11.3 Å². The maximum atomic E-state index is 10.9. The first-order valence-corrected chi connectivity index (χ1v) is 5.28. The highest BCUT2D eigenvalue weighted by Gasteiger charge is 2.36. The van der Waals surface area contributed by atoms with E-state index >= 15 is 0 Å². The fraction of sp³-hybridized carbons (Fsp3) is 0.417. The minimum atomic E-state index is -0.378. The van der Waals surface area contributed by atoms with Crippen molar-refractivity contribution in [1.29, 1.82) is 0 Å². The van der Waals surface area contributed by atoms with Crippen LogP contribution >= 0.6 is 0 Å². The summed E-state index contributed by atoms with van der Waals surface area (Å²) < 4.78 is 0. The number of primary amides is 1. The Bertz CT molecular complexity index is 360. The summed E-state index contributed by atoms with van der Waals surface area (Å²) >= 11 is 0. The Morgan fingerprint density at radius 2 is 1.87 bits per heavy atom. The van der Waals surface area contributed by atoms with Gasteiger partial charge in [0.05, 0.1) is 0 Å². The zero-order valence-electron chi connectivity index (χ0n) is 8.70. The number of benzene rings is 1. The number of hydrogen-bond donors (Lipinski definition) is 2. The van der Waals surface area contributed by atoms with Gasteiger partial charge in [0.2, 0.25) is 5.91 Å². The van der Waals surface area contributed by atoms with Crippen LogP contribution in [0.25, 0.3) is 0 Å². The number of carbonyl (C=O) groups is 1. The monoisotopic (exact) mass is 204 g/mol. The smallest absolute Gasteiger partial charge is 0.248 e. The van der Waals surface area contributed by atoms with Crippen LogP contribution in [0, 0.1) is 0 Å². The summed E-state index contributed by atoms with van der Waals surface area (Å²) in [4.78, 5) is 10.9. The Balaban J connectivity index is 2.26. The number of nitrogens with two attached hydrogens (primary N) is 2. The van der Waals surface area contributed by atoms with Crippen LogP contribution in [0.4, 0.5) is 0 Å². The zero-order valence-corrected chi connectivity index (χ0v) is 8.70. The molecule has 80 valence electrons. The van der Waals surface area contributed by atoms with E-state index in [1.54, 1.807) is 12.1 Å². The lowest BCUT2D eigenvalue weighted by Crippen LogP contribution is -2.41. The first-order chi connectivity index (χ1) is 7.18. The van der Waals surface area contributed by atoms with Gasteiger partial charge in [-0.2, -0.15) is 0 Å². The van der Waals surface area contributed by atoms with Crippen molar-refractivity contribution < 1.29 is 4.79 Å². The van der Waals surface area contributed by atoms with Crippen molar-refractivity contribution in [3.05, 3.63) is 35.4 Å². The van der Waals surface area contributed by atoms with Gasteiger partial charge in [-0.05, 0) is 30.5 Å². The van der Waals surface area contributed by atoms with Gasteiger partial charge in [0.25, 0.3) is 0 Å². The molecule has 1 aromatic carbocycles. The SMILES string of the molecule is NCC1(c2ccc(C(N)=O)cc2)CCC1. The Labute approximate surface area is 89.5 Å². The van der Waals surface area contributed by atoms with Crippen molar-refractivity contribution in [3.8, 4) is 0 Å². The van der Waals surface area contributed by atoms with E-state index in [4.69, 9.17) is 11.5 Å². The van der Waals surface area contributed by atoms with Crippen molar-refractivity contribution in [2.45, 2.75) is 24.7 Å². The minimum Gasteiger partial charge on any atom is -0.366 e. The van der Waals surface area contributed by atoms with Gasteiger partial charge < -0.3 is 11.5 Å². The lowest BCUT2D eigenvalue weighted by atomic mass is 9.64. The van der Waals surface area contributed by atoms with Crippen LogP contribution in [0.5, 0.6) is 0 Å². The Morgan fingerprint density at radius 1 is 1.27 bits per heavy atom. The molecule has 0 bridgehead atoms. The van der Waals surface area contributed by atoms with Crippen LogP contribution < -0.4 is 11.5 Å². The minimum absolute atomic E-state index is 0.163. The average molecular weight is 204 g/mol. The molecule has 0 aliphatic heterocycles. The van der Waals surface area contributed by atoms with Crippen LogP contribution in [0.1, 0.15) is 35.2 Å². The lowest BCUT2D eigenvalue weighted by molar-refractivity contribution is 0.1000. The van der Waals surface area contributed by atoms with E-state index < -0.39 is 0 Å². The fourth-order valence-electron chi connectivity index (χ4n) is 2.20. The van der Waals surface area contributed by atoms with Crippen molar-refractivity contribution in [1.82, 2.24) is 0 Å². The Morgan fingerprint density at radius 3 is 2.20 bits per heavy atom. The summed E-state index contributed by atoms with van der Waals surface area (Å²) in [5.74, 6) is -0.378. The molecule has 3 nitrogen and oxygen atoms in total. The van der Waals surface area contributed by atoms with Crippen molar-refractivity contribution >= 4 is 5.91 Å². The lowest BCUT2D eigenvalue weighted by Gasteiger charge is -2.41. The molecule has 0 aromatic heterocycles. The second kappa shape index (κ2) is 3.66. The molecule has 0 atom stereocenters. The van der Waals surface area contributed by atoms with Crippen LogP contribution in [-0.4, -0.2) is 12.5 Å². The number of amides is 1. The van der Waals surface area contributed by atoms with Crippen LogP contribution in [-0.2, 0) is 5.41 Å². The number of carbonyl (C=O) groups excluding carboxylic acids is 1. The topological polar surface area (TPSA) is 69.1 Å². The molecule has 3 heteroatoms. The van der Waals surface area contributed by atoms with E-state index in [0.29, 0.717) is 12.1 Å². The standard InChI is InChI=1S/C12H16N2O/c13-8-12(6-1-7-12)10-4-2-9(3-5-10)11(14)15/h2-5H,1,6-8,13H2,(H2,14,15). The van der Waals surface area contributed by atoms with Gasteiger partial charge >= 0.3 is 0 Å². The molecule has 0 heterocycles. The molecule has 1 amide bonds. The van der Waals surface area contributed by atoms with Gasteiger partial charge in [0.1, 0.15) is 0 Å². The zero-order chi connectivity index (χ0) is 10.9. The highest BCUT2D eigenvalue weighted by atomic mass is 16.1. The second-order valence-electron chi connectivity index (χ2n) is 4.28. The van der Waals surface area contributed by atoms with Crippen LogP contribution in [0.2, 0.25) is 0 Å². The van der Waals surface area contributed by atoms with Crippen molar-refractivity contribution in [3.63, 3.8) is 0 Å². The quantitative estimate of drug-likeness (QED) is 0.775. The van der Waals surface area contributed by atoms with E-state index in [0.717, 1.165) is 12.8 Å². The highest BCUT2D eigenvalue weighted by Crippen LogP contribution is 2.42. The predicted molar refractivity (Wildman–Crippen MR) is 59.5 cm³/mol. The molecule has 1 aliphatic carbocycles. The molecule has 0 unspecified atom stereocenters. The van der Waals surface area contributed by atoms with Crippen molar-refractivity contribution in [2.24, 2.45) is 11.5 Å². The maximum Gasteiger partial charge on any atom is 0.248 e. The molecule has 2 rings (SSSR count). The third kappa shape index (κ3) is 1.63. The predicted octanol–water partition coefficient (Wildman–Crippen LogP) is 1.17. The molecule has 1 aliphatic rings. The highest BCUT2D eigenvalue weighted by molar-refractivity contribution is 5.92. The first kappa shape index (κ1) is 10.2. The van der Waals surface area contributed by atoms with E-state index in [1.165, 1.54) is 12.0 Å². The van der Waals surface area contributed by atoms with Crippen LogP contribution in [0.3, 0.4) is 0 Å². The third-order valence-electron chi connectivity index (χ3n) is 3.48. The molecule has 0 spiro atoms. The summed E-state index contributed by atoms with van der Waals surface area (Å²) in [5, 5.41) is 0. The van der Waals surface area contributed by atoms with Crippen LogP contribution in [0.15, 0.2) is 24.3 Å². The molecular formula is C12H16N2O. The maximum absolute atomic E-state index is 10.9. The van der Waals surface area contributed by atoms with E-state index in [9.17, 15) is 4.79 Å². The van der Waals surface area contributed by atoms with Gasteiger partial charge in [0, 0.05) is 17.5 Å². The normalized spacial score (nSPS) is 18.2. The molecular weight excluding hydrogens is 188 g/mol. The molecule has 1 fully saturated rings. The van der Waals surface area contributed by atoms with Gasteiger partial charge in [0.15, 0.2) is 0 Å². The summed E-state index contributed by atoms with van der Waals surface area (Å²) in [6.45, 7) is 0.683. The Hall–Kier alpha value is -1.35. The molecule has 1 saturated carbocycles. The van der Waals surface area contributed by atoms with Crippen molar-refractivity contribution in [2.75, 3.05) is 6.54 Å². The molecule has 15 heavy (non-hydrogen) atoms. The molecule has 0 radical (unpaired) electrons. The van der Waals surface area contributed by atoms with Gasteiger partial charge in [-0.15, -0.1) is 0 Å². The summed E-state index contributed by atoms with van der Waals surface area (Å²) in [6.07, 6.45) is 3.55. The largest absolute Gasteiger partial charge is 0.366 e.